The number of rotatable bonds is 3. The highest BCUT2D eigenvalue weighted by Crippen LogP contribution is 2.21. The van der Waals surface area contributed by atoms with Gasteiger partial charge in [-0.3, -0.25) is 4.68 Å². The van der Waals surface area contributed by atoms with Crippen molar-refractivity contribution < 1.29 is 4.79 Å². The molecule has 1 aromatic rings. The van der Waals surface area contributed by atoms with Gasteiger partial charge < -0.3 is 0 Å². The maximum absolute atomic E-state index is 9.93. The van der Waals surface area contributed by atoms with Crippen molar-refractivity contribution in [3.63, 3.8) is 0 Å². The molecule has 15 heavy (non-hydrogen) atoms. The fourth-order valence-corrected chi connectivity index (χ4v) is 1.32. The zero-order valence-electron chi connectivity index (χ0n) is 9.74. The van der Waals surface area contributed by atoms with Crippen molar-refractivity contribution in [2.45, 2.75) is 32.6 Å². The summed E-state index contributed by atoms with van der Waals surface area (Å²) in [5, 5.41) is 4.44. The first kappa shape index (κ1) is 11.7. The number of hydrogen-bond acceptors (Lipinski definition) is 3. The predicted molar refractivity (Wildman–Crippen MR) is 58.6 cm³/mol. The maximum Gasteiger partial charge on any atom is 0.234 e. The van der Waals surface area contributed by atoms with Gasteiger partial charge in [-0.25, -0.2) is 9.79 Å². The van der Waals surface area contributed by atoms with Crippen molar-refractivity contribution in [3.05, 3.63) is 17.5 Å². The molecule has 0 aliphatic rings. The van der Waals surface area contributed by atoms with Crippen LogP contribution in [0.5, 0.6) is 0 Å². The molecule has 1 heterocycles. The lowest BCUT2D eigenvalue weighted by Gasteiger charge is -2.13. The number of nitrogens with zero attached hydrogens (tertiary/aromatic N) is 3. The molecule has 0 N–H and O–H groups in total. The minimum absolute atomic E-state index is 0.0595. The Balaban J connectivity index is 2.82. The quantitative estimate of drug-likeness (QED) is 0.558. The fourth-order valence-electron chi connectivity index (χ4n) is 1.32. The summed E-state index contributed by atoms with van der Waals surface area (Å²) in [6.07, 6.45) is 2.27. The van der Waals surface area contributed by atoms with Crippen LogP contribution in [0.25, 0.3) is 0 Å². The Kier molecular flexibility index (Phi) is 3.43. The van der Waals surface area contributed by atoms with Crippen LogP contribution in [-0.4, -0.2) is 22.4 Å². The van der Waals surface area contributed by atoms with Crippen LogP contribution < -0.4 is 0 Å². The Bertz CT molecular complexity index is 381. The van der Waals surface area contributed by atoms with Crippen molar-refractivity contribution in [1.29, 1.82) is 0 Å². The van der Waals surface area contributed by atoms with Crippen LogP contribution in [0.15, 0.2) is 11.1 Å². The van der Waals surface area contributed by atoms with E-state index in [-0.39, 0.29) is 5.41 Å². The van der Waals surface area contributed by atoms with Crippen LogP contribution in [0, 0.1) is 0 Å². The normalized spacial score (nSPS) is 11.2. The Morgan fingerprint density at radius 2 is 2.20 bits per heavy atom. The highest BCUT2D eigenvalue weighted by atomic mass is 16.1. The molecule has 0 unspecified atom stereocenters. The van der Waals surface area contributed by atoms with Crippen LogP contribution in [0.4, 0.5) is 0 Å². The van der Waals surface area contributed by atoms with E-state index in [1.807, 2.05) is 11.7 Å². The minimum Gasteiger partial charge on any atom is -0.272 e. The van der Waals surface area contributed by atoms with E-state index >= 15 is 0 Å². The first-order chi connectivity index (χ1) is 6.95. The second kappa shape index (κ2) is 4.41. The van der Waals surface area contributed by atoms with Gasteiger partial charge in [0.2, 0.25) is 6.08 Å². The lowest BCUT2D eigenvalue weighted by molar-refractivity contribution is 0.551. The SMILES string of the molecule is Cn1nc(C(C)(C)C)cc1CCN=C=O. The van der Waals surface area contributed by atoms with E-state index in [4.69, 9.17) is 0 Å². The van der Waals surface area contributed by atoms with Crippen LogP contribution in [0.3, 0.4) is 0 Å². The van der Waals surface area contributed by atoms with Gasteiger partial charge in [0.25, 0.3) is 0 Å². The molecule has 4 nitrogen and oxygen atoms in total. The first-order valence-electron chi connectivity index (χ1n) is 5.02. The molecule has 1 rings (SSSR count). The summed E-state index contributed by atoms with van der Waals surface area (Å²) in [4.78, 5) is 13.5. The second-order valence-corrected chi connectivity index (χ2v) is 4.62. The fraction of sp³-hybridized carbons (Fsp3) is 0.636. The van der Waals surface area contributed by atoms with Gasteiger partial charge in [-0.2, -0.15) is 5.10 Å². The molecule has 0 aromatic carbocycles. The molecule has 1 aromatic heterocycles. The van der Waals surface area contributed by atoms with E-state index in [9.17, 15) is 4.79 Å². The Morgan fingerprint density at radius 3 is 2.67 bits per heavy atom. The molecule has 0 radical (unpaired) electrons. The van der Waals surface area contributed by atoms with Gasteiger partial charge in [0.1, 0.15) is 0 Å². The molecule has 0 amide bonds. The third-order valence-corrected chi connectivity index (χ3v) is 2.29. The summed E-state index contributed by atoms with van der Waals surface area (Å²) >= 11 is 0. The number of aliphatic imine (C=N–C) groups is 1. The third kappa shape index (κ3) is 3.03. The summed E-state index contributed by atoms with van der Waals surface area (Å²) in [7, 11) is 1.91. The standard InChI is InChI=1S/C11H17N3O/c1-11(2,3)10-7-9(14(4)13-10)5-6-12-8-15/h7H,5-6H2,1-4H3. The number of isocyanates is 1. The van der Waals surface area contributed by atoms with Gasteiger partial charge in [0, 0.05) is 24.6 Å². The van der Waals surface area contributed by atoms with E-state index < -0.39 is 0 Å². The van der Waals surface area contributed by atoms with Gasteiger partial charge in [-0.05, 0) is 6.07 Å². The van der Waals surface area contributed by atoms with E-state index in [0.717, 1.165) is 17.8 Å². The van der Waals surface area contributed by atoms with Crippen molar-refractivity contribution in [2.24, 2.45) is 12.0 Å². The van der Waals surface area contributed by atoms with E-state index in [0.29, 0.717) is 6.54 Å². The van der Waals surface area contributed by atoms with Gasteiger partial charge in [-0.15, -0.1) is 0 Å². The summed E-state index contributed by atoms with van der Waals surface area (Å²) < 4.78 is 1.85. The molecule has 0 saturated heterocycles. The number of carbonyl (C=O) groups excluding carboxylic acids is 1. The number of hydrogen-bond donors (Lipinski definition) is 0. The van der Waals surface area contributed by atoms with E-state index in [2.05, 4.69) is 36.9 Å². The summed E-state index contributed by atoms with van der Waals surface area (Å²) in [6, 6.07) is 2.07. The van der Waals surface area contributed by atoms with Gasteiger partial charge in [-0.1, -0.05) is 20.8 Å². The summed E-state index contributed by atoms with van der Waals surface area (Å²) in [5.74, 6) is 0. The van der Waals surface area contributed by atoms with E-state index in [1.54, 1.807) is 0 Å². The van der Waals surface area contributed by atoms with Gasteiger partial charge in [0.15, 0.2) is 0 Å². The smallest absolute Gasteiger partial charge is 0.234 e. The topological polar surface area (TPSA) is 47.2 Å². The predicted octanol–water partition coefficient (Wildman–Crippen LogP) is 1.60. The van der Waals surface area contributed by atoms with Crippen molar-refractivity contribution in [2.75, 3.05) is 6.54 Å². The van der Waals surface area contributed by atoms with Crippen LogP contribution in [-0.2, 0) is 23.7 Å². The lowest BCUT2D eigenvalue weighted by Crippen LogP contribution is -2.12. The average Bonchev–Trinajstić information content (AvgIpc) is 2.48. The summed E-state index contributed by atoms with van der Waals surface area (Å²) in [5.41, 5.74) is 2.22. The molecular weight excluding hydrogens is 190 g/mol. The zero-order chi connectivity index (χ0) is 11.5. The molecule has 0 fully saturated rings. The van der Waals surface area contributed by atoms with Crippen LogP contribution in [0.2, 0.25) is 0 Å². The van der Waals surface area contributed by atoms with Crippen molar-refractivity contribution in [3.8, 4) is 0 Å². The van der Waals surface area contributed by atoms with Gasteiger partial charge in [0.05, 0.1) is 12.2 Å². The molecule has 0 aliphatic heterocycles. The monoisotopic (exact) mass is 207 g/mol. The average molecular weight is 207 g/mol. The minimum atomic E-state index is 0.0595. The highest BCUT2D eigenvalue weighted by Gasteiger charge is 2.18. The molecule has 4 heteroatoms. The van der Waals surface area contributed by atoms with Gasteiger partial charge >= 0.3 is 0 Å². The molecule has 0 spiro atoms. The maximum atomic E-state index is 9.93. The molecule has 82 valence electrons. The first-order valence-corrected chi connectivity index (χ1v) is 5.02. The molecule has 0 bridgehead atoms. The lowest BCUT2D eigenvalue weighted by atomic mass is 9.92. The number of aryl methyl sites for hydroxylation is 1. The van der Waals surface area contributed by atoms with Crippen LogP contribution >= 0.6 is 0 Å². The third-order valence-electron chi connectivity index (χ3n) is 2.29. The molecule has 0 atom stereocenters. The highest BCUT2D eigenvalue weighted by molar-refractivity contribution is 5.32. The Morgan fingerprint density at radius 1 is 1.53 bits per heavy atom. The second-order valence-electron chi connectivity index (χ2n) is 4.62. The van der Waals surface area contributed by atoms with E-state index in [1.165, 1.54) is 6.08 Å². The Hall–Kier alpha value is -1.41. The molecule has 0 aliphatic carbocycles. The largest absolute Gasteiger partial charge is 0.272 e. The summed E-state index contributed by atoms with van der Waals surface area (Å²) in [6.45, 7) is 6.86. The van der Waals surface area contributed by atoms with Crippen molar-refractivity contribution >= 4 is 6.08 Å². The zero-order valence-corrected chi connectivity index (χ0v) is 9.74. The Labute approximate surface area is 90.0 Å². The molecule has 0 saturated carbocycles. The van der Waals surface area contributed by atoms with Crippen molar-refractivity contribution in [1.82, 2.24) is 9.78 Å². The van der Waals surface area contributed by atoms with Crippen LogP contribution in [0.1, 0.15) is 32.2 Å². The number of aromatic nitrogens is 2. The molecular formula is C11H17N3O.